The van der Waals surface area contributed by atoms with Gasteiger partial charge in [0.15, 0.2) is 0 Å². The fourth-order valence-corrected chi connectivity index (χ4v) is 6.25. The van der Waals surface area contributed by atoms with Gasteiger partial charge in [0.05, 0.1) is 19.6 Å². The molecule has 0 aliphatic rings. The van der Waals surface area contributed by atoms with Gasteiger partial charge in [0.2, 0.25) is 19.7 Å². The molecule has 0 fully saturated rings. The molecule has 0 saturated heterocycles. The molecule has 0 aliphatic heterocycles. The molecule has 6 aromatic carbocycles. The maximum atomic E-state index is 12.2. The van der Waals surface area contributed by atoms with E-state index in [1.54, 1.807) is 48.5 Å². The van der Waals surface area contributed by atoms with E-state index in [2.05, 4.69) is 0 Å². The third-order valence-electron chi connectivity index (χ3n) is 6.03. The number of phenolic OH excluding ortho intramolecular Hbond substituents is 2. The molecule has 6 rings (SSSR count). The molecule has 0 aliphatic carbocycles. The number of hydrogen-bond acceptors (Lipinski definition) is 6. The summed E-state index contributed by atoms with van der Waals surface area (Å²) in [5.41, 5.74) is 2.00. The molecule has 0 amide bonds. The number of phenols is 2. The van der Waals surface area contributed by atoms with Gasteiger partial charge in [-0.25, -0.2) is 41.1 Å². The number of hydrogen-bond donors (Lipinski definition) is 2. The molecular formula is C36H34O6S2Zr. The van der Waals surface area contributed by atoms with Crippen LogP contribution in [0.1, 0.15) is 11.1 Å². The van der Waals surface area contributed by atoms with Crippen LogP contribution in [0.15, 0.2) is 177 Å². The predicted molar refractivity (Wildman–Crippen MR) is 174 cm³/mol. The van der Waals surface area contributed by atoms with Gasteiger partial charge in [-0.15, -0.1) is 0 Å². The smallest absolute Gasteiger partial charge is 0.508 e. The van der Waals surface area contributed by atoms with Crippen molar-refractivity contribution in [3.8, 4) is 11.5 Å². The summed E-state index contributed by atoms with van der Waals surface area (Å²) in [6.07, 6.45) is 0. The van der Waals surface area contributed by atoms with Gasteiger partial charge in [-0.05, 0) is 74.5 Å². The molecule has 9 heteroatoms. The summed E-state index contributed by atoms with van der Waals surface area (Å²) in [4.78, 5) is 0.658. The molecule has 230 valence electrons. The van der Waals surface area contributed by atoms with Crippen LogP contribution >= 0.6 is 0 Å². The van der Waals surface area contributed by atoms with E-state index in [4.69, 9.17) is 0 Å². The standard InChI is InChI=1S/2C13H12O3S.2C5H5.Zr/c2*1-10-5-7-12(8-6-10)17(15,16)13-4-2-3-11(14)9-13;2*1-2-4-5-3-1;/h2*2-9,14H,1H3;2*1-5H;/q;;2*-1;+2. The molecule has 0 heterocycles. The second kappa shape index (κ2) is 18.1. The van der Waals surface area contributed by atoms with Crippen LogP contribution in [0.25, 0.3) is 0 Å². The number of aromatic hydroxyl groups is 2. The van der Waals surface area contributed by atoms with E-state index in [-0.39, 0.29) is 57.3 Å². The summed E-state index contributed by atoms with van der Waals surface area (Å²) in [6, 6.07) is 44.6. The summed E-state index contributed by atoms with van der Waals surface area (Å²) in [5, 5.41) is 18.6. The zero-order valence-corrected chi connectivity index (χ0v) is 28.9. The molecule has 0 spiro atoms. The third-order valence-corrected chi connectivity index (χ3v) is 9.56. The van der Waals surface area contributed by atoms with Gasteiger partial charge in [-0.3, -0.25) is 0 Å². The van der Waals surface area contributed by atoms with Crippen LogP contribution < -0.4 is 0 Å². The quantitative estimate of drug-likeness (QED) is 0.180. The first-order valence-electron chi connectivity index (χ1n) is 13.5. The summed E-state index contributed by atoms with van der Waals surface area (Å²) < 4.78 is 48.7. The number of sulfone groups is 2. The van der Waals surface area contributed by atoms with Gasteiger partial charge in [-0.2, -0.15) is 36.4 Å². The Bertz CT molecular complexity index is 1720. The number of benzene rings is 4. The Balaban J connectivity index is 0.000000235. The van der Waals surface area contributed by atoms with Gasteiger partial charge in [0.1, 0.15) is 11.5 Å². The first-order chi connectivity index (χ1) is 21.0. The van der Waals surface area contributed by atoms with Crippen molar-refractivity contribution in [1.29, 1.82) is 0 Å². The van der Waals surface area contributed by atoms with Crippen LogP contribution in [0.3, 0.4) is 0 Å². The fourth-order valence-electron chi connectivity index (χ4n) is 3.65. The van der Waals surface area contributed by atoms with E-state index in [9.17, 15) is 27.0 Å². The molecule has 6 aromatic rings. The van der Waals surface area contributed by atoms with E-state index >= 15 is 0 Å². The van der Waals surface area contributed by atoms with E-state index in [1.165, 1.54) is 48.5 Å². The summed E-state index contributed by atoms with van der Waals surface area (Å²) in [7, 11) is -7.08. The first-order valence-corrected chi connectivity index (χ1v) is 16.5. The van der Waals surface area contributed by atoms with E-state index in [0.717, 1.165) is 11.1 Å². The maximum absolute atomic E-state index is 12.2. The van der Waals surface area contributed by atoms with Crippen LogP contribution in [0.5, 0.6) is 11.5 Å². The minimum Gasteiger partial charge on any atom is -0.508 e. The molecule has 0 aromatic heterocycles. The Hall–Kier alpha value is -4.04. The maximum Gasteiger partial charge on any atom is 2.00 e. The Labute approximate surface area is 285 Å². The van der Waals surface area contributed by atoms with Crippen LogP contribution in [0.4, 0.5) is 0 Å². The van der Waals surface area contributed by atoms with Crippen molar-refractivity contribution in [1.82, 2.24) is 0 Å². The zero-order valence-electron chi connectivity index (χ0n) is 24.9. The van der Waals surface area contributed by atoms with Crippen molar-refractivity contribution in [2.75, 3.05) is 0 Å². The molecule has 0 radical (unpaired) electrons. The Morgan fingerprint density at radius 3 is 1.00 bits per heavy atom. The van der Waals surface area contributed by atoms with E-state index < -0.39 is 19.7 Å². The van der Waals surface area contributed by atoms with Crippen molar-refractivity contribution in [3.05, 3.63) is 169 Å². The van der Waals surface area contributed by atoms with Crippen molar-refractivity contribution in [3.63, 3.8) is 0 Å². The Kier molecular flexibility index (Phi) is 14.9. The van der Waals surface area contributed by atoms with Crippen molar-refractivity contribution < 1.29 is 53.3 Å². The molecule has 0 atom stereocenters. The van der Waals surface area contributed by atoms with Crippen LogP contribution in [-0.4, -0.2) is 27.0 Å². The minimum absolute atomic E-state index is 0. The van der Waals surface area contributed by atoms with Gasteiger partial charge >= 0.3 is 26.2 Å². The largest absolute Gasteiger partial charge is 2.00 e. The molecule has 6 nitrogen and oxygen atoms in total. The van der Waals surface area contributed by atoms with Crippen molar-refractivity contribution in [2.24, 2.45) is 0 Å². The second-order valence-electron chi connectivity index (χ2n) is 9.55. The second-order valence-corrected chi connectivity index (χ2v) is 13.5. The first kappa shape index (κ1) is 37.2. The van der Waals surface area contributed by atoms with Crippen LogP contribution in [0.2, 0.25) is 0 Å². The van der Waals surface area contributed by atoms with Gasteiger partial charge in [0.25, 0.3) is 0 Å². The topological polar surface area (TPSA) is 109 Å². The molecule has 0 saturated carbocycles. The third kappa shape index (κ3) is 11.8. The molecule has 45 heavy (non-hydrogen) atoms. The predicted octanol–water partition coefficient (Wildman–Crippen LogP) is 7.88. The minimum atomic E-state index is -3.54. The Morgan fingerprint density at radius 1 is 0.444 bits per heavy atom. The number of aryl methyl sites for hydroxylation is 2. The molecular weight excluding hydrogens is 684 g/mol. The van der Waals surface area contributed by atoms with Gasteiger partial charge in [0, 0.05) is 0 Å². The zero-order chi connectivity index (χ0) is 32.0. The van der Waals surface area contributed by atoms with Crippen LogP contribution in [-0.2, 0) is 45.9 Å². The Morgan fingerprint density at radius 2 is 0.756 bits per heavy atom. The van der Waals surface area contributed by atoms with E-state index in [0.29, 0.717) is 0 Å². The SMILES string of the molecule is Cc1ccc(S(=O)(=O)c2cccc(O)c2)cc1.Cc1ccc(S(=O)(=O)c2cccc(O)c2)cc1.[Zr+2].c1cc[cH-]c1.c1cc[cH-]c1. The average Bonchev–Trinajstić information content (AvgIpc) is 3.79. The summed E-state index contributed by atoms with van der Waals surface area (Å²) >= 11 is 0. The molecule has 0 unspecified atom stereocenters. The fraction of sp³-hybridized carbons (Fsp3) is 0.0556. The van der Waals surface area contributed by atoms with Gasteiger partial charge in [-0.1, -0.05) is 47.5 Å². The van der Waals surface area contributed by atoms with Gasteiger partial charge < -0.3 is 10.2 Å². The van der Waals surface area contributed by atoms with Crippen molar-refractivity contribution in [2.45, 2.75) is 33.4 Å². The normalized spacial score (nSPS) is 10.4. The average molecular weight is 718 g/mol. The summed E-state index contributed by atoms with van der Waals surface area (Å²) in [6.45, 7) is 3.79. The monoisotopic (exact) mass is 716 g/mol. The molecule has 0 bridgehead atoms. The van der Waals surface area contributed by atoms with Crippen molar-refractivity contribution >= 4 is 19.7 Å². The number of rotatable bonds is 4. The van der Waals surface area contributed by atoms with E-state index in [1.807, 2.05) is 74.5 Å². The molecule has 2 N–H and O–H groups in total. The van der Waals surface area contributed by atoms with Crippen LogP contribution in [0, 0.1) is 13.8 Å². The summed E-state index contributed by atoms with van der Waals surface area (Å²) in [5.74, 6) is -0.114.